The largest absolute Gasteiger partial charge is 0.493 e. The molecule has 0 saturated carbocycles. The lowest BCUT2D eigenvalue weighted by atomic mass is 9.98. The van der Waals surface area contributed by atoms with Crippen LogP contribution in [0.2, 0.25) is 0 Å². The lowest BCUT2D eigenvalue weighted by Crippen LogP contribution is -2.22. The average Bonchev–Trinajstić information content (AvgIpc) is 3.17. The van der Waals surface area contributed by atoms with E-state index >= 15 is 0 Å². The van der Waals surface area contributed by atoms with E-state index in [1.54, 1.807) is 6.26 Å². The van der Waals surface area contributed by atoms with Crippen molar-refractivity contribution in [2.24, 2.45) is 0 Å². The van der Waals surface area contributed by atoms with Gasteiger partial charge in [0.2, 0.25) is 0 Å². The Bertz CT molecular complexity index is 563. The van der Waals surface area contributed by atoms with Crippen molar-refractivity contribution in [2.75, 3.05) is 13.2 Å². The van der Waals surface area contributed by atoms with Gasteiger partial charge in [0.05, 0.1) is 12.9 Å². The molecule has 2 heterocycles. The third-order valence-corrected chi connectivity index (χ3v) is 4.02. The second kappa shape index (κ2) is 6.81. The third kappa shape index (κ3) is 3.48. The Morgan fingerprint density at radius 2 is 2.24 bits per heavy atom. The molecule has 2 aromatic rings. The smallest absolute Gasteiger partial charge is 0.122 e. The summed E-state index contributed by atoms with van der Waals surface area (Å²) in [7, 11) is 0. The van der Waals surface area contributed by atoms with E-state index in [4.69, 9.17) is 9.15 Å². The molecule has 0 aliphatic carbocycles. The number of ether oxygens (including phenoxy) is 1. The normalized spacial score (nSPS) is 14.7. The molecular weight excluding hydrogens is 262 g/mol. The van der Waals surface area contributed by atoms with Crippen LogP contribution in [0, 0.1) is 0 Å². The second-order valence-corrected chi connectivity index (χ2v) is 5.59. The molecule has 3 nitrogen and oxygen atoms in total. The van der Waals surface area contributed by atoms with Gasteiger partial charge in [-0.05, 0) is 48.7 Å². The van der Waals surface area contributed by atoms with Crippen LogP contribution in [0.3, 0.4) is 0 Å². The zero-order valence-corrected chi connectivity index (χ0v) is 12.6. The van der Waals surface area contributed by atoms with Crippen molar-refractivity contribution in [1.29, 1.82) is 0 Å². The number of hydrogen-bond acceptors (Lipinski definition) is 3. The van der Waals surface area contributed by atoms with Gasteiger partial charge < -0.3 is 14.5 Å². The Morgan fingerprint density at radius 3 is 3.05 bits per heavy atom. The molecule has 0 saturated heterocycles. The van der Waals surface area contributed by atoms with Crippen LogP contribution >= 0.6 is 0 Å². The van der Waals surface area contributed by atoms with Gasteiger partial charge in [0, 0.05) is 18.9 Å². The van der Waals surface area contributed by atoms with Crippen LogP contribution in [0.5, 0.6) is 5.75 Å². The van der Waals surface area contributed by atoms with E-state index in [0.717, 1.165) is 50.3 Å². The molecule has 3 heteroatoms. The first-order valence-corrected chi connectivity index (χ1v) is 7.88. The van der Waals surface area contributed by atoms with Crippen LogP contribution in [-0.4, -0.2) is 13.2 Å². The molecule has 0 fully saturated rings. The van der Waals surface area contributed by atoms with Gasteiger partial charge in [0.1, 0.15) is 11.5 Å². The summed E-state index contributed by atoms with van der Waals surface area (Å²) in [6.07, 6.45) is 5.93. The van der Waals surface area contributed by atoms with E-state index in [0.29, 0.717) is 6.04 Å². The van der Waals surface area contributed by atoms with Crippen LogP contribution < -0.4 is 10.1 Å². The summed E-state index contributed by atoms with van der Waals surface area (Å²) in [5.41, 5.74) is 2.70. The fraction of sp³-hybridized carbons (Fsp3) is 0.444. The van der Waals surface area contributed by atoms with E-state index in [-0.39, 0.29) is 0 Å². The first-order chi connectivity index (χ1) is 10.4. The van der Waals surface area contributed by atoms with E-state index in [1.165, 1.54) is 11.1 Å². The maximum absolute atomic E-state index is 5.60. The molecule has 0 amide bonds. The van der Waals surface area contributed by atoms with E-state index in [2.05, 4.69) is 30.4 Å². The maximum atomic E-state index is 5.60. The molecule has 3 rings (SSSR count). The molecular formula is C18H23NO2. The minimum atomic E-state index is 0.376. The molecule has 1 N–H and O–H groups in total. The van der Waals surface area contributed by atoms with Crippen LogP contribution in [0.25, 0.3) is 0 Å². The zero-order valence-electron chi connectivity index (χ0n) is 12.6. The molecule has 1 aliphatic rings. The summed E-state index contributed by atoms with van der Waals surface area (Å²) < 4.78 is 11.0. The van der Waals surface area contributed by atoms with Crippen LogP contribution in [0.4, 0.5) is 0 Å². The topological polar surface area (TPSA) is 34.4 Å². The maximum Gasteiger partial charge on any atom is 0.122 e. The Morgan fingerprint density at radius 1 is 1.29 bits per heavy atom. The summed E-state index contributed by atoms with van der Waals surface area (Å²) in [6.45, 7) is 4.06. The van der Waals surface area contributed by atoms with Gasteiger partial charge in [-0.2, -0.15) is 0 Å². The number of aryl methyl sites for hydroxylation is 1. The molecule has 21 heavy (non-hydrogen) atoms. The van der Waals surface area contributed by atoms with Crippen LogP contribution in [0.1, 0.15) is 42.7 Å². The summed E-state index contributed by atoms with van der Waals surface area (Å²) in [4.78, 5) is 0. The minimum Gasteiger partial charge on any atom is -0.493 e. The highest BCUT2D eigenvalue weighted by Crippen LogP contribution is 2.29. The highest BCUT2D eigenvalue weighted by Gasteiger charge is 2.17. The van der Waals surface area contributed by atoms with Crippen molar-refractivity contribution in [3.63, 3.8) is 0 Å². The predicted octanol–water partition coefficient (Wildman–Crippen LogP) is 3.89. The monoisotopic (exact) mass is 285 g/mol. The second-order valence-electron chi connectivity index (χ2n) is 5.59. The van der Waals surface area contributed by atoms with Gasteiger partial charge in [-0.3, -0.25) is 0 Å². The lowest BCUT2D eigenvalue weighted by Gasteiger charge is -2.19. The van der Waals surface area contributed by atoms with Crippen molar-refractivity contribution >= 4 is 0 Å². The molecule has 1 aromatic heterocycles. The number of hydrogen-bond donors (Lipinski definition) is 1. The van der Waals surface area contributed by atoms with Crippen molar-refractivity contribution in [1.82, 2.24) is 5.32 Å². The predicted molar refractivity (Wildman–Crippen MR) is 83.7 cm³/mol. The molecule has 112 valence electrons. The fourth-order valence-electron chi connectivity index (χ4n) is 2.87. The first kappa shape index (κ1) is 14.2. The van der Waals surface area contributed by atoms with Crippen molar-refractivity contribution in [2.45, 2.75) is 38.6 Å². The van der Waals surface area contributed by atoms with E-state index < -0.39 is 0 Å². The Kier molecular flexibility index (Phi) is 4.61. The first-order valence-electron chi connectivity index (χ1n) is 7.88. The average molecular weight is 285 g/mol. The fourth-order valence-corrected chi connectivity index (χ4v) is 2.87. The summed E-state index contributed by atoms with van der Waals surface area (Å²) in [6, 6.07) is 11.0. The van der Waals surface area contributed by atoms with Crippen LogP contribution in [0.15, 0.2) is 41.0 Å². The van der Waals surface area contributed by atoms with Gasteiger partial charge in [-0.25, -0.2) is 0 Å². The number of benzene rings is 1. The zero-order chi connectivity index (χ0) is 14.5. The molecule has 1 aliphatic heterocycles. The van der Waals surface area contributed by atoms with Crippen LogP contribution in [-0.2, 0) is 12.8 Å². The number of nitrogens with one attached hydrogen (secondary N) is 1. The van der Waals surface area contributed by atoms with Gasteiger partial charge >= 0.3 is 0 Å². The standard InChI is InChI=1S/C18H23NO2/c1-2-10-19-17(7-6-16-4-3-11-20-16)14-5-8-18-15(13-14)9-12-21-18/h3-5,8,11,13,17,19H,2,6-7,9-10,12H2,1H3. The van der Waals surface area contributed by atoms with Gasteiger partial charge in [-0.15, -0.1) is 0 Å². The van der Waals surface area contributed by atoms with E-state index in [1.807, 2.05) is 12.1 Å². The molecule has 0 spiro atoms. The summed E-state index contributed by atoms with van der Waals surface area (Å²) in [5, 5.41) is 3.66. The molecule has 0 bridgehead atoms. The molecule has 1 aromatic carbocycles. The minimum absolute atomic E-state index is 0.376. The quantitative estimate of drug-likeness (QED) is 0.838. The van der Waals surface area contributed by atoms with Crippen molar-refractivity contribution in [3.05, 3.63) is 53.5 Å². The Labute approximate surface area is 126 Å². The number of fused-ring (bicyclic) bond motifs is 1. The summed E-state index contributed by atoms with van der Waals surface area (Å²) >= 11 is 0. The highest BCUT2D eigenvalue weighted by atomic mass is 16.5. The number of rotatable bonds is 7. The highest BCUT2D eigenvalue weighted by molar-refractivity contribution is 5.40. The van der Waals surface area contributed by atoms with Crippen molar-refractivity contribution < 1.29 is 9.15 Å². The lowest BCUT2D eigenvalue weighted by molar-refractivity contribution is 0.356. The molecule has 1 atom stereocenters. The Balaban J connectivity index is 1.71. The Hall–Kier alpha value is -1.74. The summed E-state index contributed by atoms with van der Waals surface area (Å²) in [5.74, 6) is 2.11. The van der Waals surface area contributed by atoms with Gasteiger partial charge in [0.15, 0.2) is 0 Å². The third-order valence-electron chi connectivity index (χ3n) is 4.02. The molecule has 1 unspecified atom stereocenters. The number of furan rings is 1. The molecule has 0 radical (unpaired) electrons. The SMILES string of the molecule is CCCNC(CCc1ccco1)c1ccc2c(c1)CCO2. The van der Waals surface area contributed by atoms with Crippen molar-refractivity contribution in [3.8, 4) is 5.75 Å². The van der Waals surface area contributed by atoms with E-state index in [9.17, 15) is 0 Å². The van der Waals surface area contributed by atoms with Gasteiger partial charge in [0.25, 0.3) is 0 Å². The van der Waals surface area contributed by atoms with Gasteiger partial charge in [-0.1, -0.05) is 19.1 Å².